The number of nitrogens with one attached hydrogen (secondary N) is 1. The van der Waals surface area contributed by atoms with Gasteiger partial charge in [0.15, 0.2) is 0 Å². The van der Waals surface area contributed by atoms with Crippen LogP contribution in [-0.2, 0) is 12.8 Å². The molecule has 0 aliphatic heterocycles. The van der Waals surface area contributed by atoms with Crippen LogP contribution in [0.15, 0.2) is 77.1 Å². The Labute approximate surface area is 153 Å². The molecule has 0 amide bonds. The first kappa shape index (κ1) is 17.4. The van der Waals surface area contributed by atoms with Crippen LogP contribution in [0.5, 0.6) is 0 Å². The molecule has 0 radical (unpaired) electrons. The predicted molar refractivity (Wildman–Crippen MR) is 108 cm³/mol. The number of amidine groups is 1. The lowest BCUT2D eigenvalue weighted by molar-refractivity contribution is 0.682. The summed E-state index contributed by atoms with van der Waals surface area (Å²) in [6, 6.07) is 22.8. The third-order valence-electron chi connectivity index (χ3n) is 3.98. The summed E-state index contributed by atoms with van der Waals surface area (Å²) in [7, 11) is 0. The molecule has 0 spiro atoms. The van der Waals surface area contributed by atoms with E-state index in [9.17, 15) is 0 Å². The zero-order chi connectivity index (χ0) is 17.3. The van der Waals surface area contributed by atoms with Crippen molar-refractivity contribution in [1.82, 2.24) is 5.32 Å². The van der Waals surface area contributed by atoms with Crippen LogP contribution < -0.4 is 11.1 Å². The van der Waals surface area contributed by atoms with Crippen molar-refractivity contribution >= 4 is 22.9 Å². The number of thiophene rings is 1. The normalized spacial score (nSPS) is 11.6. The van der Waals surface area contributed by atoms with Gasteiger partial charge < -0.3 is 11.1 Å². The fraction of sp³-hybridized carbons (Fsp3) is 0.190. The molecule has 4 heteroatoms. The fourth-order valence-electron chi connectivity index (χ4n) is 2.59. The summed E-state index contributed by atoms with van der Waals surface area (Å²) in [5.41, 5.74) is 9.60. The number of hydrogen-bond donors (Lipinski definition) is 2. The van der Waals surface area contributed by atoms with Crippen LogP contribution in [0.3, 0.4) is 0 Å². The molecular weight excluding hydrogens is 326 g/mol. The lowest BCUT2D eigenvalue weighted by atomic mass is 10.1. The monoisotopic (exact) mass is 349 g/mol. The van der Waals surface area contributed by atoms with Gasteiger partial charge in [-0.3, -0.25) is 0 Å². The number of benzene rings is 2. The van der Waals surface area contributed by atoms with Crippen LogP contribution in [0.2, 0.25) is 0 Å². The highest BCUT2D eigenvalue weighted by Crippen LogP contribution is 2.16. The third-order valence-corrected chi connectivity index (χ3v) is 4.88. The van der Waals surface area contributed by atoms with Gasteiger partial charge in [0.25, 0.3) is 0 Å². The molecule has 0 aliphatic rings. The summed E-state index contributed by atoms with van der Waals surface area (Å²) in [6.07, 6.45) is 2.08. The fourth-order valence-corrected chi connectivity index (χ4v) is 3.22. The average molecular weight is 350 g/mol. The Morgan fingerprint density at radius 1 is 0.840 bits per heavy atom. The summed E-state index contributed by atoms with van der Waals surface area (Å²) in [6.45, 7) is 1.98. The van der Waals surface area contributed by atoms with Gasteiger partial charge in [-0.2, -0.15) is 0 Å². The summed E-state index contributed by atoms with van der Waals surface area (Å²) in [4.78, 5) is 5.48. The first-order valence-corrected chi connectivity index (χ1v) is 9.41. The summed E-state index contributed by atoms with van der Waals surface area (Å²) in [5.74, 6) is 0.574. The number of aliphatic imine (C=N–C) groups is 1. The van der Waals surface area contributed by atoms with Gasteiger partial charge in [0.2, 0.25) is 0 Å². The van der Waals surface area contributed by atoms with Crippen molar-refractivity contribution in [3.63, 3.8) is 0 Å². The SMILES string of the molecule is NC(=Nc1ccc(CCNCCc2ccccc2)cc1)c1cccs1. The van der Waals surface area contributed by atoms with Gasteiger partial charge in [0.1, 0.15) is 5.84 Å². The van der Waals surface area contributed by atoms with E-state index in [1.165, 1.54) is 11.1 Å². The molecule has 1 aromatic heterocycles. The van der Waals surface area contributed by atoms with Crippen LogP contribution in [0, 0.1) is 0 Å². The first-order valence-electron chi connectivity index (χ1n) is 8.53. The van der Waals surface area contributed by atoms with E-state index >= 15 is 0 Å². The van der Waals surface area contributed by atoms with Crippen LogP contribution in [-0.4, -0.2) is 18.9 Å². The molecule has 3 nitrogen and oxygen atoms in total. The molecule has 0 saturated heterocycles. The third kappa shape index (κ3) is 5.55. The molecular formula is C21H23N3S. The van der Waals surface area contributed by atoms with E-state index in [-0.39, 0.29) is 0 Å². The molecule has 3 aromatic rings. The Bertz CT molecular complexity index is 778. The molecule has 3 rings (SSSR count). The van der Waals surface area contributed by atoms with Crippen LogP contribution in [0.4, 0.5) is 5.69 Å². The molecule has 0 aliphatic carbocycles. The van der Waals surface area contributed by atoms with Crippen molar-refractivity contribution in [2.24, 2.45) is 10.7 Å². The Hall–Kier alpha value is -2.43. The molecule has 0 saturated carbocycles. The van der Waals surface area contributed by atoms with Crippen LogP contribution >= 0.6 is 11.3 Å². The van der Waals surface area contributed by atoms with E-state index in [1.807, 2.05) is 29.6 Å². The maximum absolute atomic E-state index is 6.02. The van der Waals surface area contributed by atoms with Gasteiger partial charge >= 0.3 is 0 Å². The summed E-state index contributed by atoms with van der Waals surface area (Å²) < 4.78 is 0. The molecule has 0 unspecified atom stereocenters. The van der Waals surface area contributed by atoms with Crippen molar-refractivity contribution in [2.45, 2.75) is 12.8 Å². The number of nitrogens with zero attached hydrogens (tertiary/aromatic N) is 1. The highest BCUT2D eigenvalue weighted by molar-refractivity contribution is 7.12. The van der Waals surface area contributed by atoms with Crippen LogP contribution in [0.25, 0.3) is 0 Å². The van der Waals surface area contributed by atoms with Crippen molar-refractivity contribution in [2.75, 3.05) is 13.1 Å². The van der Waals surface area contributed by atoms with Crippen molar-refractivity contribution in [1.29, 1.82) is 0 Å². The average Bonchev–Trinajstić information content (AvgIpc) is 3.19. The molecule has 1 heterocycles. The highest BCUT2D eigenvalue weighted by atomic mass is 32.1. The molecule has 3 N–H and O–H groups in total. The lowest BCUT2D eigenvalue weighted by Crippen LogP contribution is -2.20. The number of rotatable bonds is 8. The van der Waals surface area contributed by atoms with Gasteiger partial charge in [-0.05, 0) is 60.6 Å². The van der Waals surface area contributed by atoms with Crippen molar-refractivity contribution in [3.05, 3.63) is 88.1 Å². The van der Waals surface area contributed by atoms with Gasteiger partial charge in [-0.25, -0.2) is 4.99 Å². The largest absolute Gasteiger partial charge is 0.383 e. The smallest absolute Gasteiger partial charge is 0.141 e. The van der Waals surface area contributed by atoms with E-state index < -0.39 is 0 Å². The molecule has 0 bridgehead atoms. The minimum absolute atomic E-state index is 0.574. The molecule has 25 heavy (non-hydrogen) atoms. The highest BCUT2D eigenvalue weighted by Gasteiger charge is 2.00. The Kier molecular flexibility index (Phi) is 6.37. The second-order valence-electron chi connectivity index (χ2n) is 5.88. The van der Waals surface area contributed by atoms with Gasteiger partial charge in [0.05, 0.1) is 10.6 Å². The quantitative estimate of drug-likeness (QED) is 0.364. The Morgan fingerprint density at radius 2 is 1.52 bits per heavy atom. The van der Waals surface area contributed by atoms with Crippen LogP contribution in [0.1, 0.15) is 16.0 Å². The zero-order valence-electron chi connectivity index (χ0n) is 14.2. The van der Waals surface area contributed by atoms with E-state index in [2.05, 4.69) is 52.8 Å². The molecule has 128 valence electrons. The topological polar surface area (TPSA) is 50.4 Å². The number of nitrogens with two attached hydrogens (primary N) is 1. The van der Waals surface area contributed by atoms with Gasteiger partial charge in [-0.15, -0.1) is 11.3 Å². The van der Waals surface area contributed by atoms with E-state index in [1.54, 1.807) is 11.3 Å². The maximum atomic E-state index is 6.02. The Balaban J connectivity index is 1.42. The zero-order valence-corrected chi connectivity index (χ0v) is 15.0. The van der Waals surface area contributed by atoms with Crippen molar-refractivity contribution < 1.29 is 0 Å². The molecule has 0 atom stereocenters. The molecule has 0 fully saturated rings. The number of hydrogen-bond acceptors (Lipinski definition) is 3. The van der Waals surface area contributed by atoms with E-state index in [0.717, 1.165) is 36.5 Å². The lowest BCUT2D eigenvalue weighted by Gasteiger charge is -2.06. The van der Waals surface area contributed by atoms with Gasteiger partial charge in [0, 0.05) is 0 Å². The minimum Gasteiger partial charge on any atom is -0.383 e. The predicted octanol–water partition coefficient (Wildman–Crippen LogP) is 4.16. The standard InChI is InChI=1S/C21H23N3S/c22-21(20-7-4-16-25-20)24-19-10-8-18(9-11-19)13-15-23-14-12-17-5-2-1-3-6-17/h1-11,16,23H,12-15H2,(H2,22,24). The Morgan fingerprint density at radius 3 is 2.16 bits per heavy atom. The second-order valence-corrected chi connectivity index (χ2v) is 6.82. The maximum Gasteiger partial charge on any atom is 0.141 e. The van der Waals surface area contributed by atoms with Gasteiger partial charge in [-0.1, -0.05) is 48.5 Å². The van der Waals surface area contributed by atoms with E-state index in [4.69, 9.17) is 5.73 Å². The van der Waals surface area contributed by atoms with Crippen molar-refractivity contribution in [3.8, 4) is 0 Å². The molecule has 2 aromatic carbocycles. The van der Waals surface area contributed by atoms with E-state index in [0.29, 0.717) is 5.84 Å². The summed E-state index contributed by atoms with van der Waals surface area (Å²) in [5, 5.41) is 5.51. The second kappa shape index (κ2) is 9.16. The minimum atomic E-state index is 0.574. The first-order chi connectivity index (χ1) is 12.3. The summed E-state index contributed by atoms with van der Waals surface area (Å²) >= 11 is 1.60.